The Morgan fingerprint density at radius 3 is 2.83 bits per heavy atom. The zero-order valence-electron chi connectivity index (χ0n) is 9.88. The van der Waals surface area contributed by atoms with Crippen molar-refractivity contribution in [3.63, 3.8) is 0 Å². The maximum atomic E-state index is 13.5. The standard InChI is InChI=1S/C12H15BrFN3O/c13-9-2-1-3-10(14)12(9)16-11(18)8-17-6-4-15-5-7-17/h1-3,15H,4-8H2,(H,16,18). The van der Waals surface area contributed by atoms with Gasteiger partial charge in [0.15, 0.2) is 0 Å². The van der Waals surface area contributed by atoms with Crippen molar-refractivity contribution in [2.45, 2.75) is 0 Å². The van der Waals surface area contributed by atoms with Crippen LogP contribution in [0.15, 0.2) is 22.7 Å². The van der Waals surface area contributed by atoms with E-state index in [4.69, 9.17) is 0 Å². The Balaban J connectivity index is 1.94. The fourth-order valence-corrected chi connectivity index (χ4v) is 2.31. The molecule has 2 N–H and O–H groups in total. The normalized spacial score (nSPS) is 16.6. The summed E-state index contributed by atoms with van der Waals surface area (Å²) in [4.78, 5) is 13.9. The molecule has 98 valence electrons. The van der Waals surface area contributed by atoms with Gasteiger partial charge >= 0.3 is 0 Å². The lowest BCUT2D eigenvalue weighted by Crippen LogP contribution is -2.46. The molecule has 2 rings (SSSR count). The molecule has 18 heavy (non-hydrogen) atoms. The van der Waals surface area contributed by atoms with Crippen LogP contribution in [0, 0.1) is 5.82 Å². The summed E-state index contributed by atoms with van der Waals surface area (Å²) in [6, 6.07) is 4.61. The Bertz CT molecular complexity index is 415. The van der Waals surface area contributed by atoms with Crippen LogP contribution >= 0.6 is 15.9 Å². The molecular formula is C12H15BrFN3O. The smallest absolute Gasteiger partial charge is 0.238 e. The van der Waals surface area contributed by atoms with E-state index in [1.807, 2.05) is 4.90 Å². The first-order valence-corrected chi connectivity index (χ1v) is 6.63. The third-order valence-electron chi connectivity index (χ3n) is 2.80. The van der Waals surface area contributed by atoms with Gasteiger partial charge in [0.1, 0.15) is 5.82 Å². The van der Waals surface area contributed by atoms with Gasteiger partial charge < -0.3 is 10.6 Å². The summed E-state index contributed by atoms with van der Waals surface area (Å²) >= 11 is 3.22. The zero-order chi connectivity index (χ0) is 13.0. The summed E-state index contributed by atoms with van der Waals surface area (Å²) in [6.07, 6.45) is 0. The molecule has 1 saturated heterocycles. The highest BCUT2D eigenvalue weighted by Gasteiger charge is 2.15. The van der Waals surface area contributed by atoms with Gasteiger partial charge in [-0.1, -0.05) is 6.07 Å². The molecule has 0 unspecified atom stereocenters. The Kier molecular flexibility index (Phi) is 4.68. The first-order chi connectivity index (χ1) is 8.66. The van der Waals surface area contributed by atoms with Crippen LogP contribution < -0.4 is 10.6 Å². The van der Waals surface area contributed by atoms with Gasteiger partial charge in [-0.15, -0.1) is 0 Å². The van der Waals surface area contributed by atoms with Crippen LogP contribution in [0.25, 0.3) is 0 Å². The number of piperazine rings is 1. The number of rotatable bonds is 3. The van der Waals surface area contributed by atoms with E-state index < -0.39 is 5.82 Å². The third kappa shape index (κ3) is 3.51. The second-order valence-corrected chi connectivity index (χ2v) is 5.03. The van der Waals surface area contributed by atoms with E-state index in [0.29, 0.717) is 11.0 Å². The Labute approximate surface area is 114 Å². The first kappa shape index (κ1) is 13.5. The molecule has 4 nitrogen and oxygen atoms in total. The fourth-order valence-electron chi connectivity index (χ4n) is 1.87. The molecule has 0 bridgehead atoms. The van der Waals surface area contributed by atoms with Crippen molar-refractivity contribution in [3.05, 3.63) is 28.5 Å². The Hall–Kier alpha value is -0.980. The summed E-state index contributed by atoms with van der Waals surface area (Å²) in [7, 11) is 0. The fraction of sp³-hybridized carbons (Fsp3) is 0.417. The molecular weight excluding hydrogens is 301 g/mol. The van der Waals surface area contributed by atoms with Gasteiger partial charge in [0.25, 0.3) is 0 Å². The lowest BCUT2D eigenvalue weighted by molar-refractivity contribution is -0.117. The van der Waals surface area contributed by atoms with E-state index in [9.17, 15) is 9.18 Å². The largest absolute Gasteiger partial charge is 0.322 e. The molecule has 1 aromatic rings. The van der Waals surface area contributed by atoms with Gasteiger partial charge in [-0.2, -0.15) is 0 Å². The Morgan fingerprint density at radius 1 is 1.44 bits per heavy atom. The maximum Gasteiger partial charge on any atom is 0.238 e. The molecule has 0 aliphatic carbocycles. The highest BCUT2D eigenvalue weighted by molar-refractivity contribution is 9.10. The second-order valence-electron chi connectivity index (χ2n) is 4.17. The van der Waals surface area contributed by atoms with Crippen molar-refractivity contribution in [1.82, 2.24) is 10.2 Å². The monoisotopic (exact) mass is 315 g/mol. The number of anilines is 1. The number of halogens is 2. The minimum absolute atomic E-state index is 0.192. The number of hydrogen-bond donors (Lipinski definition) is 2. The predicted octanol–water partition coefficient (Wildman–Crippen LogP) is 1.43. The van der Waals surface area contributed by atoms with Gasteiger partial charge in [-0.3, -0.25) is 9.69 Å². The number of para-hydroxylation sites is 1. The first-order valence-electron chi connectivity index (χ1n) is 5.84. The second kappa shape index (κ2) is 6.26. The van der Waals surface area contributed by atoms with Gasteiger partial charge in [-0.25, -0.2) is 4.39 Å². The molecule has 1 amide bonds. The van der Waals surface area contributed by atoms with Gasteiger partial charge in [0.05, 0.1) is 12.2 Å². The van der Waals surface area contributed by atoms with E-state index >= 15 is 0 Å². The summed E-state index contributed by atoms with van der Waals surface area (Å²) in [5.74, 6) is -0.624. The van der Waals surface area contributed by atoms with Gasteiger partial charge in [0.2, 0.25) is 5.91 Å². The average molecular weight is 316 g/mol. The summed E-state index contributed by atoms with van der Waals surface area (Å²) in [5, 5.41) is 5.82. The molecule has 6 heteroatoms. The van der Waals surface area contributed by atoms with Crippen LogP contribution in [-0.4, -0.2) is 43.5 Å². The lowest BCUT2D eigenvalue weighted by atomic mass is 10.3. The van der Waals surface area contributed by atoms with Gasteiger partial charge in [-0.05, 0) is 28.1 Å². The summed E-state index contributed by atoms with van der Waals surface area (Å²) in [5.41, 5.74) is 0.206. The van der Waals surface area contributed by atoms with Crippen molar-refractivity contribution in [2.75, 3.05) is 38.0 Å². The number of carbonyl (C=O) groups is 1. The molecule has 1 aliphatic rings. The minimum atomic E-state index is -0.432. The molecule has 0 spiro atoms. The average Bonchev–Trinajstić information content (AvgIpc) is 2.35. The van der Waals surface area contributed by atoms with Crippen molar-refractivity contribution in [2.24, 2.45) is 0 Å². The SMILES string of the molecule is O=C(CN1CCNCC1)Nc1c(F)cccc1Br. The van der Waals surface area contributed by atoms with Crippen molar-refractivity contribution >= 4 is 27.5 Å². The quantitative estimate of drug-likeness (QED) is 0.887. The molecule has 0 atom stereocenters. The number of nitrogens with one attached hydrogen (secondary N) is 2. The van der Waals surface area contributed by atoms with Crippen LogP contribution in [0.2, 0.25) is 0 Å². The number of carbonyl (C=O) groups excluding carboxylic acids is 1. The number of hydrogen-bond acceptors (Lipinski definition) is 3. The minimum Gasteiger partial charge on any atom is -0.322 e. The molecule has 1 fully saturated rings. The van der Waals surface area contributed by atoms with Crippen LogP contribution in [-0.2, 0) is 4.79 Å². The third-order valence-corrected chi connectivity index (χ3v) is 3.46. The van der Waals surface area contributed by atoms with E-state index in [-0.39, 0.29) is 11.6 Å². The number of benzene rings is 1. The highest BCUT2D eigenvalue weighted by Crippen LogP contribution is 2.24. The summed E-state index contributed by atoms with van der Waals surface area (Å²) in [6.45, 7) is 3.74. The topological polar surface area (TPSA) is 44.4 Å². The van der Waals surface area contributed by atoms with Crippen LogP contribution in [0.4, 0.5) is 10.1 Å². The number of amides is 1. The van der Waals surface area contributed by atoms with Crippen molar-refractivity contribution < 1.29 is 9.18 Å². The van der Waals surface area contributed by atoms with Gasteiger partial charge in [0, 0.05) is 30.7 Å². The van der Waals surface area contributed by atoms with Crippen LogP contribution in [0.5, 0.6) is 0 Å². The lowest BCUT2D eigenvalue weighted by Gasteiger charge is -2.26. The highest BCUT2D eigenvalue weighted by atomic mass is 79.9. The van der Waals surface area contributed by atoms with E-state index in [0.717, 1.165) is 26.2 Å². The molecule has 1 aliphatic heterocycles. The van der Waals surface area contributed by atoms with E-state index in [2.05, 4.69) is 26.6 Å². The van der Waals surface area contributed by atoms with Crippen molar-refractivity contribution in [1.29, 1.82) is 0 Å². The molecule has 1 heterocycles. The Morgan fingerprint density at radius 2 is 2.17 bits per heavy atom. The molecule has 0 radical (unpaired) electrons. The predicted molar refractivity (Wildman–Crippen MR) is 72.0 cm³/mol. The molecule has 0 aromatic heterocycles. The van der Waals surface area contributed by atoms with E-state index in [1.165, 1.54) is 6.07 Å². The number of nitrogens with zero attached hydrogens (tertiary/aromatic N) is 1. The summed E-state index contributed by atoms with van der Waals surface area (Å²) < 4.78 is 14.1. The molecule has 0 saturated carbocycles. The zero-order valence-corrected chi connectivity index (χ0v) is 11.5. The van der Waals surface area contributed by atoms with E-state index in [1.54, 1.807) is 12.1 Å². The van der Waals surface area contributed by atoms with Crippen molar-refractivity contribution in [3.8, 4) is 0 Å². The van der Waals surface area contributed by atoms with Crippen LogP contribution in [0.3, 0.4) is 0 Å². The van der Waals surface area contributed by atoms with Crippen LogP contribution in [0.1, 0.15) is 0 Å². The maximum absolute atomic E-state index is 13.5. The molecule has 1 aromatic carbocycles.